The zero-order valence-electron chi connectivity index (χ0n) is 67.9. The van der Waals surface area contributed by atoms with E-state index in [0.717, 1.165) is 88.5 Å². The lowest BCUT2D eigenvalue weighted by atomic mass is 9.62. The fourth-order valence-electron chi connectivity index (χ4n) is 22.2. The quantitative estimate of drug-likeness (QED) is 0.0394. The van der Waals surface area contributed by atoms with Gasteiger partial charge in [-0.05, 0) is 205 Å². The fourth-order valence-corrected chi connectivity index (χ4v) is 22.2. The molecule has 0 saturated carbocycles. The van der Waals surface area contributed by atoms with Crippen molar-refractivity contribution in [3.8, 4) is 44.5 Å². The Bertz CT molecular complexity index is 5870. The number of para-hydroxylation sites is 1. The van der Waals surface area contributed by atoms with Crippen LogP contribution in [0.25, 0.3) is 89.6 Å². The second-order valence-corrected chi connectivity index (χ2v) is 33.5. The first-order chi connectivity index (χ1) is 56.3. The maximum atomic E-state index is 7.71. The topological polar surface area (TPSA) is 42.4 Å². The highest BCUT2D eigenvalue weighted by Crippen LogP contribution is 2.69. The van der Waals surface area contributed by atoms with Crippen LogP contribution >= 0.6 is 0 Å². The minimum atomic E-state index is -0.805. The van der Waals surface area contributed by atoms with Crippen molar-refractivity contribution in [1.29, 1.82) is 0 Å². The van der Waals surface area contributed by atoms with Gasteiger partial charge in [-0.1, -0.05) is 363 Å². The molecule has 4 aliphatic carbocycles. The van der Waals surface area contributed by atoms with E-state index in [1.165, 1.54) is 221 Å². The first-order valence-corrected chi connectivity index (χ1v) is 43.7. The summed E-state index contributed by atoms with van der Waals surface area (Å²) in [6, 6.07) is 95.9. The summed E-state index contributed by atoms with van der Waals surface area (Å²) in [7, 11) is 0. The minimum Gasteiger partial charge on any atom is -0.456 e. The molecule has 4 nitrogen and oxygen atoms in total. The van der Waals surface area contributed by atoms with E-state index in [0.29, 0.717) is 0 Å². The molecule has 18 rings (SSSR count). The molecule has 0 spiro atoms. The lowest BCUT2D eigenvalue weighted by molar-refractivity contribution is 0.369. The molecule has 4 aliphatic rings. The van der Waals surface area contributed by atoms with Gasteiger partial charge in [-0.2, -0.15) is 0 Å². The highest BCUT2D eigenvalue weighted by atomic mass is 16.3. The van der Waals surface area contributed by atoms with E-state index in [1.807, 2.05) is 12.3 Å². The number of furan rings is 2. The molecular formula is C110H110N2O2. The van der Waals surface area contributed by atoms with Gasteiger partial charge in [0.2, 0.25) is 0 Å². The van der Waals surface area contributed by atoms with Crippen molar-refractivity contribution in [2.24, 2.45) is 0 Å². The summed E-state index contributed by atoms with van der Waals surface area (Å²) in [6.07, 6.45) is 37.3. The Labute approximate surface area is 676 Å². The van der Waals surface area contributed by atoms with Gasteiger partial charge >= 0.3 is 0 Å². The monoisotopic (exact) mass is 1490 g/mol. The summed E-state index contributed by atoms with van der Waals surface area (Å²) < 4.78 is 14.6. The molecule has 572 valence electrons. The second kappa shape index (κ2) is 31.9. The molecule has 0 radical (unpaired) electrons. The molecular weight excluding hydrogens is 1380 g/mol. The Hall–Kier alpha value is -10.8. The first kappa shape index (κ1) is 74.6. The predicted molar refractivity (Wildman–Crippen MR) is 481 cm³/mol. The molecule has 114 heavy (non-hydrogen) atoms. The Balaban J connectivity index is 0.911. The fraction of sp³-hybridized carbons (Fsp3) is 0.300. The van der Waals surface area contributed by atoms with Crippen LogP contribution in [0.5, 0.6) is 0 Å². The highest BCUT2D eigenvalue weighted by Gasteiger charge is 2.56. The van der Waals surface area contributed by atoms with Crippen LogP contribution in [0, 0.1) is 0 Å². The van der Waals surface area contributed by atoms with Crippen LogP contribution in [-0.4, -0.2) is 4.98 Å². The van der Waals surface area contributed by atoms with Crippen LogP contribution in [0.2, 0.25) is 0 Å². The number of anilines is 3. The molecule has 0 amide bonds. The number of unbranched alkanes of at least 4 members (excludes halogenated alkanes) is 16. The predicted octanol–water partition coefficient (Wildman–Crippen LogP) is 29.7. The minimum absolute atomic E-state index is 0.183. The SMILES string of the molecule is C=C/C=c1\c(=C/C)oc2ccc3c(c12)-c1cc2c(cc1C3(c1ccccc1)c1ccccc1)-c1ccc(N(c3ccc4c(c3)C(CCCCCCC)(CCCCCCC)c3c5c(c6c(oc7ccccc76)c3-4)-c3ccccc3C5(CCCCCCC)CCCCCCC)c3ccccn3)cc1C2(c1ccccc1)c1ccccc1. The van der Waals surface area contributed by atoms with Gasteiger partial charge in [0.05, 0.1) is 10.8 Å². The smallest absolute Gasteiger partial charge is 0.144 e. The van der Waals surface area contributed by atoms with Gasteiger partial charge in [0.25, 0.3) is 0 Å². The van der Waals surface area contributed by atoms with Crippen LogP contribution in [0.15, 0.2) is 276 Å². The number of rotatable bonds is 32. The van der Waals surface area contributed by atoms with Crippen molar-refractivity contribution >= 4 is 62.3 Å². The van der Waals surface area contributed by atoms with Crippen molar-refractivity contribution in [2.45, 2.75) is 210 Å². The summed E-state index contributed by atoms with van der Waals surface area (Å²) in [5.41, 5.74) is 30.4. The summed E-state index contributed by atoms with van der Waals surface area (Å²) in [4.78, 5) is 8.00. The van der Waals surface area contributed by atoms with Crippen molar-refractivity contribution in [2.75, 3.05) is 4.90 Å². The molecule has 4 heteroatoms. The Kier molecular flexibility index (Phi) is 20.9. The van der Waals surface area contributed by atoms with Crippen molar-refractivity contribution in [1.82, 2.24) is 4.98 Å². The zero-order chi connectivity index (χ0) is 77.4. The van der Waals surface area contributed by atoms with E-state index < -0.39 is 10.8 Å². The highest BCUT2D eigenvalue weighted by molar-refractivity contribution is 6.21. The summed E-state index contributed by atoms with van der Waals surface area (Å²) >= 11 is 0. The largest absolute Gasteiger partial charge is 0.456 e. The van der Waals surface area contributed by atoms with Crippen molar-refractivity contribution < 1.29 is 8.83 Å². The lowest BCUT2D eigenvalue weighted by Crippen LogP contribution is -2.33. The molecule has 11 aromatic carbocycles. The Morgan fingerprint density at radius 1 is 0.360 bits per heavy atom. The molecule has 3 aromatic heterocycles. The second-order valence-electron chi connectivity index (χ2n) is 33.5. The van der Waals surface area contributed by atoms with Gasteiger partial charge in [-0.3, -0.25) is 4.90 Å². The first-order valence-electron chi connectivity index (χ1n) is 43.7. The average Bonchev–Trinajstić information content (AvgIpc) is 1.49. The number of benzene rings is 11. The molecule has 0 bridgehead atoms. The third-order valence-corrected chi connectivity index (χ3v) is 27.1. The number of aromatic nitrogens is 1. The van der Waals surface area contributed by atoms with Crippen molar-refractivity contribution in [3.05, 3.63) is 345 Å². The maximum Gasteiger partial charge on any atom is 0.144 e. The van der Waals surface area contributed by atoms with Crippen LogP contribution in [-0.2, 0) is 21.7 Å². The summed E-state index contributed by atoms with van der Waals surface area (Å²) in [5.74, 6) is 0.880. The molecule has 0 N–H and O–H groups in total. The molecule has 0 fully saturated rings. The average molecular weight is 1490 g/mol. The van der Waals surface area contributed by atoms with Gasteiger partial charge in [0.15, 0.2) is 0 Å². The number of allylic oxidation sites excluding steroid dienone is 1. The number of pyridine rings is 1. The van der Waals surface area contributed by atoms with E-state index in [2.05, 4.69) is 307 Å². The molecule has 0 saturated heterocycles. The van der Waals surface area contributed by atoms with Crippen molar-refractivity contribution in [3.63, 3.8) is 0 Å². The Morgan fingerprint density at radius 3 is 1.38 bits per heavy atom. The van der Waals surface area contributed by atoms with Gasteiger partial charge < -0.3 is 8.83 Å². The van der Waals surface area contributed by atoms with Crippen LogP contribution in [0.3, 0.4) is 0 Å². The van der Waals surface area contributed by atoms with Gasteiger partial charge in [-0.25, -0.2) is 4.98 Å². The molecule has 0 unspecified atom stereocenters. The van der Waals surface area contributed by atoms with E-state index in [4.69, 9.17) is 13.8 Å². The Morgan fingerprint density at radius 2 is 0.825 bits per heavy atom. The van der Waals surface area contributed by atoms with E-state index >= 15 is 0 Å². The summed E-state index contributed by atoms with van der Waals surface area (Å²) in [5, 5.41) is 4.69. The van der Waals surface area contributed by atoms with Gasteiger partial charge in [-0.15, -0.1) is 0 Å². The molecule has 3 heterocycles. The summed E-state index contributed by atoms with van der Waals surface area (Å²) in [6.45, 7) is 15.9. The number of hydrogen-bond donors (Lipinski definition) is 0. The number of fused-ring (bicyclic) bond motifs is 20. The number of nitrogens with zero attached hydrogens (tertiary/aromatic N) is 2. The third kappa shape index (κ3) is 12.0. The van der Waals surface area contributed by atoms with E-state index in [-0.39, 0.29) is 10.8 Å². The molecule has 0 atom stereocenters. The van der Waals surface area contributed by atoms with Gasteiger partial charge in [0, 0.05) is 55.3 Å². The van der Waals surface area contributed by atoms with Crippen LogP contribution in [0.4, 0.5) is 17.2 Å². The standard InChI is InChI=1S/C110H110N2O2/c1-7-13-17-21-42-67-107(68-43-22-18-14-8-2)89-58-39-37-56-83(89)101-102-86-57-38-40-59-96(86)114-106(102)103-84-64-62-80(72-91(84)108(105(103)104(101)107,69-44-23-19-15-9-3)70-45-24-20-16-10-4)112(98-60-41-46-71-111-98)81-61-63-82-87-74-94-88(75-93(87)110(92(82)73-81,78-52-33-27-34-53-78)79-54-35-28-36-55-79)99-90(65-66-97-100(99)85(47-11-5)95(12-6)113-97)109(94,76-48-29-25-30-49-76)77-50-31-26-32-51-77/h11-12,25-41,46-66,71-75H,5,7-10,13-24,42-45,67-70H2,1-4,6H3/b85-47+,95-12+. The molecule has 0 aliphatic heterocycles. The van der Waals surface area contributed by atoms with Crippen LogP contribution < -0.4 is 15.5 Å². The number of hydrogen-bond acceptors (Lipinski definition) is 4. The lowest BCUT2D eigenvalue weighted by Gasteiger charge is -2.40. The molecule has 14 aromatic rings. The maximum absolute atomic E-state index is 7.71. The zero-order valence-corrected chi connectivity index (χ0v) is 67.9. The van der Waals surface area contributed by atoms with Crippen LogP contribution in [0.1, 0.15) is 255 Å². The van der Waals surface area contributed by atoms with Gasteiger partial charge in [0.1, 0.15) is 28.0 Å². The van der Waals surface area contributed by atoms with E-state index in [1.54, 1.807) is 16.7 Å². The third-order valence-electron chi connectivity index (χ3n) is 27.1. The normalized spacial score (nSPS) is 14.9. The van der Waals surface area contributed by atoms with E-state index in [9.17, 15) is 0 Å².